The van der Waals surface area contributed by atoms with Crippen molar-refractivity contribution in [2.24, 2.45) is 5.92 Å². The first-order valence-electron chi connectivity index (χ1n) is 5.82. The molecule has 0 aliphatic rings. The highest BCUT2D eigenvalue weighted by molar-refractivity contribution is 4.90. The summed E-state index contributed by atoms with van der Waals surface area (Å²) in [6.07, 6.45) is 5.20. The summed E-state index contributed by atoms with van der Waals surface area (Å²) in [6, 6.07) is 0.330. The summed E-state index contributed by atoms with van der Waals surface area (Å²) in [5.41, 5.74) is 0. The summed E-state index contributed by atoms with van der Waals surface area (Å²) >= 11 is 0. The fourth-order valence-corrected chi connectivity index (χ4v) is 1.69. The van der Waals surface area contributed by atoms with Crippen LogP contribution in [0.25, 0.3) is 0 Å². The van der Waals surface area contributed by atoms with Crippen LogP contribution in [-0.2, 0) is 0 Å². The van der Waals surface area contributed by atoms with Gasteiger partial charge in [-0.1, -0.05) is 33.6 Å². The summed E-state index contributed by atoms with van der Waals surface area (Å²) in [5, 5.41) is 10.3. The Balaban J connectivity index is 2.38. The van der Waals surface area contributed by atoms with Crippen LogP contribution in [-0.4, -0.2) is 21.7 Å². The van der Waals surface area contributed by atoms with Gasteiger partial charge in [-0.15, -0.1) is 0 Å². The third-order valence-electron chi connectivity index (χ3n) is 2.49. The van der Waals surface area contributed by atoms with Crippen molar-refractivity contribution in [3.8, 4) is 0 Å². The van der Waals surface area contributed by atoms with Gasteiger partial charge in [0.25, 0.3) is 0 Å². The smallest absolute Gasteiger partial charge is 0.141 e. The van der Waals surface area contributed by atoms with Gasteiger partial charge >= 0.3 is 0 Å². The van der Waals surface area contributed by atoms with Gasteiger partial charge in [-0.05, 0) is 18.9 Å². The lowest BCUT2D eigenvalue weighted by Gasteiger charge is -2.15. The first-order valence-corrected chi connectivity index (χ1v) is 5.82. The highest BCUT2D eigenvalue weighted by Gasteiger charge is 2.12. The molecule has 1 aromatic rings. The van der Waals surface area contributed by atoms with Crippen molar-refractivity contribution in [2.45, 2.75) is 46.1 Å². The van der Waals surface area contributed by atoms with Crippen molar-refractivity contribution in [3.63, 3.8) is 0 Å². The van der Waals surface area contributed by atoms with Gasteiger partial charge in [0.05, 0.1) is 6.04 Å². The summed E-state index contributed by atoms with van der Waals surface area (Å²) in [4.78, 5) is 4.20. The second-order valence-electron chi connectivity index (χ2n) is 4.31. The fraction of sp³-hybridized carbons (Fsp3) is 0.818. The lowest BCUT2D eigenvalue weighted by Crippen LogP contribution is -2.22. The van der Waals surface area contributed by atoms with Crippen LogP contribution in [0.4, 0.5) is 0 Å². The van der Waals surface area contributed by atoms with E-state index in [1.807, 2.05) is 0 Å². The van der Waals surface area contributed by atoms with Crippen molar-refractivity contribution in [1.29, 1.82) is 0 Å². The summed E-state index contributed by atoms with van der Waals surface area (Å²) in [7, 11) is 0. The molecule has 1 unspecified atom stereocenters. The van der Waals surface area contributed by atoms with Crippen LogP contribution in [0.3, 0.4) is 0 Å². The molecule has 0 radical (unpaired) electrons. The number of rotatable bonds is 7. The van der Waals surface area contributed by atoms with Gasteiger partial charge in [-0.2, -0.15) is 5.10 Å². The maximum absolute atomic E-state index is 4.20. The second-order valence-corrected chi connectivity index (χ2v) is 4.31. The van der Waals surface area contributed by atoms with Gasteiger partial charge in [0.1, 0.15) is 12.2 Å². The summed E-state index contributed by atoms with van der Waals surface area (Å²) in [6.45, 7) is 7.60. The molecule has 4 nitrogen and oxygen atoms in total. The van der Waals surface area contributed by atoms with Gasteiger partial charge in [0.2, 0.25) is 0 Å². The Morgan fingerprint density at radius 1 is 1.40 bits per heavy atom. The number of H-pyrrole nitrogens is 1. The van der Waals surface area contributed by atoms with E-state index in [9.17, 15) is 0 Å². The van der Waals surface area contributed by atoms with Crippen LogP contribution >= 0.6 is 0 Å². The number of hydrogen-bond acceptors (Lipinski definition) is 3. The number of hydrogen-bond donors (Lipinski definition) is 2. The minimum absolute atomic E-state index is 0.330. The van der Waals surface area contributed by atoms with Crippen LogP contribution in [0.1, 0.15) is 51.9 Å². The van der Waals surface area contributed by atoms with Gasteiger partial charge < -0.3 is 5.32 Å². The Morgan fingerprint density at radius 3 is 2.73 bits per heavy atom. The molecule has 15 heavy (non-hydrogen) atoms. The van der Waals surface area contributed by atoms with E-state index in [4.69, 9.17) is 0 Å². The molecular weight excluding hydrogens is 188 g/mol. The van der Waals surface area contributed by atoms with Crippen molar-refractivity contribution in [1.82, 2.24) is 20.5 Å². The number of nitrogens with one attached hydrogen (secondary N) is 2. The van der Waals surface area contributed by atoms with E-state index in [2.05, 4.69) is 41.3 Å². The third-order valence-corrected chi connectivity index (χ3v) is 2.49. The van der Waals surface area contributed by atoms with E-state index in [-0.39, 0.29) is 0 Å². The first kappa shape index (κ1) is 12.2. The summed E-state index contributed by atoms with van der Waals surface area (Å²) < 4.78 is 0. The predicted octanol–water partition coefficient (Wildman–Crippen LogP) is 2.28. The Morgan fingerprint density at radius 2 is 2.20 bits per heavy atom. The Hall–Kier alpha value is -0.900. The Labute approximate surface area is 91.9 Å². The van der Waals surface area contributed by atoms with Gasteiger partial charge in [0.15, 0.2) is 0 Å². The minimum Gasteiger partial charge on any atom is -0.308 e. The molecule has 4 heteroatoms. The molecular formula is C11H22N4. The lowest BCUT2D eigenvalue weighted by atomic mass is 10.0. The zero-order valence-electron chi connectivity index (χ0n) is 9.95. The highest BCUT2D eigenvalue weighted by Crippen LogP contribution is 2.17. The first-order chi connectivity index (χ1) is 7.24. The molecule has 0 spiro atoms. The third kappa shape index (κ3) is 4.42. The molecule has 1 aromatic heterocycles. The molecule has 86 valence electrons. The van der Waals surface area contributed by atoms with E-state index < -0.39 is 0 Å². The van der Waals surface area contributed by atoms with Crippen LogP contribution in [0, 0.1) is 5.92 Å². The van der Waals surface area contributed by atoms with E-state index in [0.29, 0.717) is 6.04 Å². The van der Waals surface area contributed by atoms with Crippen LogP contribution < -0.4 is 5.32 Å². The van der Waals surface area contributed by atoms with Gasteiger partial charge in [0, 0.05) is 0 Å². The Kier molecular flexibility index (Phi) is 5.32. The molecule has 0 saturated carbocycles. The van der Waals surface area contributed by atoms with Crippen LogP contribution in [0.15, 0.2) is 6.33 Å². The van der Waals surface area contributed by atoms with Gasteiger partial charge in [-0.25, -0.2) is 4.98 Å². The van der Waals surface area contributed by atoms with Crippen molar-refractivity contribution in [2.75, 3.05) is 6.54 Å². The summed E-state index contributed by atoms with van der Waals surface area (Å²) in [5.74, 6) is 1.74. The largest absolute Gasteiger partial charge is 0.308 e. The zero-order valence-corrected chi connectivity index (χ0v) is 9.95. The minimum atomic E-state index is 0.330. The number of aromatic amines is 1. The highest BCUT2D eigenvalue weighted by atomic mass is 15.2. The molecule has 1 atom stereocenters. The second kappa shape index (κ2) is 6.56. The topological polar surface area (TPSA) is 53.6 Å². The molecule has 0 amide bonds. The van der Waals surface area contributed by atoms with E-state index in [1.165, 1.54) is 12.8 Å². The maximum Gasteiger partial charge on any atom is 0.141 e. The molecule has 1 rings (SSSR count). The van der Waals surface area contributed by atoms with Gasteiger partial charge in [-0.3, -0.25) is 5.10 Å². The molecule has 2 N–H and O–H groups in total. The molecule has 1 heterocycles. The molecule has 0 saturated heterocycles. The number of nitrogens with zero attached hydrogens (tertiary/aromatic N) is 2. The molecule has 0 aromatic carbocycles. The molecule has 0 aliphatic carbocycles. The Bertz CT molecular complexity index is 243. The fourth-order valence-electron chi connectivity index (χ4n) is 1.69. The zero-order chi connectivity index (χ0) is 11.1. The monoisotopic (exact) mass is 210 g/mol. The SMILES string of the molecule is CCNC(CCCC(C)C)c1ncn[nH]1. The van der Waals surface area contributed by atoms with Crippen molar-refractivity contribution < 1.29 is 0 Å². The van der Waals surface area contributed by atoms with Crippen LogP contribution in [0.2, 0.25) is 0 Å². The average molecular weight is 210 g/mol. The number of aromatic nitrogens is 3. The van der Waals surface area contributed by atoms with Crippen molar-refractivity contribution in [3.05, 3.63) is 12.2 Å². The normalized spacial score (nSPS) is 13.3. The maximum atomic E-state index is 4.20. The quantitative estimate of drug-likeness (QED) is 0.726. The van der Waals surface area contributed by atoms with E-state index in [1.54, 1.807) is 6.33 Å². The molecule has 0 fully saturated rings. The van der Waals surface area contributed by atoms with E-state index >= 15 is 0 Å². The van der Waals surface area contributed by atoms with E-state index in [0.717, 1.165) is 24.7 Å². The predicted molar refractivity (Wildman–Crippen MR) is 61.5 cm³/mol. The average Bonchev–Trinajstić information content (AvgIpc) is 2.68. The van der Waals surface area contributed by atoms with Crippen molar-refractivity contribution >= 4 is 0 Å². The van der Waals surface area contributed by atoms with Crippen LogP contribution in [0.5, 0.6) is 0 Å². The lowest BCUT2D eigenvalue weighted by molar-refractivity contribution is 0.441. The molecule has 0 bridgehead atoms. The standard InChI is InChI=1S/C11H22N4/c1-4-12-10(7-5-6-9(2)3)11-13-8-14-15-11/h8-10,12H,4-7H2,1-3H3,(H,13,14,15). The molecule has 0 aliphatic heterocycles.